The van der Waals surface area contributed by atoms with Gasteiger partial charge in [-0.25, -0.2) is 4.98 Å². The smallest absolute Gasteiger partial charge is 0.253 e. The van der Waals surface area contributed by atoms with Gasteiger partial charge in [0.05, 0.1) is 0 Å². The van der Waals surface area contributed by atoms with E-state index in [0.717, 1.165) is 22.5 Å². The minimum Gasteiger partial charge on any atom is -0.352 e. The number of amides is 1. The number of carbonyl (C=O) groups is 1. The Balaban J connectivity index is 0.00000320. The molecule has 0 radical (unpaired) electrons. The van der Waals surface area contributed by atoms with Gasteiger partial charge in [0.1, 0.15) is 6.33 Å². The van der Waals surface area contributed by atoms with Crippen molar-refractivity contribution in [1.82, 2.24) is 30.7 Å². The van der Waals surface area contributed by atoms with Gasteiger partial charge in [-0.3, -0.25) is 14.9 Å². The number of halogens is 1. The van der Waals surface area contributed by atoms with Crippen molar-refractivity contribution >= 4 is 35.8 Å². The topological polar surface area (TPSA) is 98.3 Å². The van der Waals surface area contributed by atoms with Crippen molar-refractivity contribution in [3.63, 3.8) is 0 Å². The summed E-state index contributed by atoms with van der Waals surface area (Å²) in [5.74, 6) is 1.43. The Labute approximate surface area is 193 Å². The Bertz CT molecular complexity index is 969. The maximum absolute atomic E-state index is 12.0. The summed E-state index contributed by atoms with van der Waals surface area (Å²) in [4.78, 5) is 22.0. The molecule has 1 heterocycles. The summed E-state index contributed by atoms with van der Waals surface area (Å²) >= 11 is 0. The summed E-state index contributed by atoms with van der Waals surface area (Å²) in [7, 11) is 5.22. The van der Waals surface area contributed by atoms with Crippen molar-refractivity contribution in [3.05, 3.63) is 71.5 Å². The predicted octanol–water partition coefficient (Wildman–Crippen LogP) is 2.66. The zero-order valence-corrected chi connectivity index (χ0v) is 19.5. The van der Waals surface area contributed by atoms with Crippen LogP contribution in [0.4, 0.5) is 0 Å². The van der Waals surface area contributed by atoms with Crippen LogP contribution in [0.5, 0.6) is 0 Å². The molecule has 0 aliphatic carbocycles. The lowest BCUT2D eigenvalue weighted by molar-refractivity contribution is 0.0827. The second-order valence-electron chi connectivity index (χ2n) is 6.71. The monoisotopic (exact) mass is 519 g/mol. The molecule has 1 amide bonds. The Morgan fingerprint density at radius 2 is 1.77 bits per heavy atom. The summed E-state index contributed by atoms with van der Waals surface area (Å²) in [6, 6.07) is 15.6. The molecule has 3 rings (SSSR count). The van der Waals surface area contributed by atoms with Crippen molar-refractivity contribution in [3.8, 4) is 11.4 Å². The Kier molecular flexibility index (Phi) is 8.78. The number of rotatable bonds is 6. The lowest BCUT2D eigenvalue weighted by Crippen LogP contribution is -2.36. The molecular formula is C21H26IN7O. The molecule has 0 aliphatic rings. The number of hydrogen-bond donors (Lipinski definition) is 3. The first-order chi connectivity index (χ1) is 14.1. The van der Waals surface area contributed by atoms with Gasteiger partial charge in [-0.15, -0.1) is 24.0 Å². The zero-order chi connectivity index (χ0) is 20.6. The highest BCUT2D eigenvalue weighted by Gasteiger charge is 2.07. The van der Waals surface area contributed by atoms with E-state index in [9.17, 15) is 4.79 Å². The molecule has 0 aliphatic heterocycles. The molecule has 0 unspecified atom stereocenters. The van der Waals surface area contributed by atoms with Crippen LogP contribution in [-0.2, 0) is 13.1 Å². The second-order valence-corrected chi connectivity index (χ2v) is 6.71. The molecule has 30 heavy (non-hydrogen) atoms. The number of nitrogens with one attached hydrogen (secondary N) is 3. The maximum atomic E-state index is 12.0. The Hall–Kier alpha value is -2.95. The first-order valence-electron chi connectivity index (χ1n) is 9.26. The number of guanidine groups is 1. The van der Waals surface area contributed by atoms with Crippen LogP contribution in [0, 0.1) is 0 Å². The lowest BCUT2D eigenvalue weighted by atomic mass is 10.1. The van der Waals surface area contributed by atoms with Gasteiger partial charge in [0.2, 0.25) is 0 Å². The number of nitrogens with zero attached hydrogens (tertiary/aromatic N) is 4. The normalized spacial score (nSPS) is 10.8. The number of H-pyrrole nitrogens is 1. The summed E-state index contributed by atoms with van der Waals surface area (Å²) < 4.78 is 0. The first-order valence-corrected chi connectivity index (χ1v) is 9.26. The van der Waals surface area contributed by atoms with Crippen LogP contribution in [0.15, 0.2) is 59.9 Å². The molecule has 0 fully saturated rings. The third-order valence-electron chi connectivity index (χ3n) is 4.37. The number of aromatic amines is 1. The quantitative estimate of drug-likeness (QED) is 0.264. The van der Waals surface area contributed by atoms with E-state index in [1.165, 1.54) is 6.33 Å². The maximum Gasteiger partial charge on any atom is 0.253 e. The van der Waals surface area contributed by atoms with Gasteiger partial charge in [0.15, 0.2) is 11.8 Å². The number of aromatic nitrogens is 3. The van der Waals surface area contributed by atoms with E-state index in [-0.39, 0.29) is 29.9 Å². The minimum atomic E-state index is -0.00505. The van der Waals surface area contributed by atoms with Crippen molar-refractivity contribution in [2.75, 3.05) is 21.1 Å². The number of benzene rings is 2. The van der Waals surface area contributed by atoms with Gasteiger partial charge in [0.25, 0.3) is 5.91 Å². The number of carbonyl (C=O) groups excluding carboxylic acids is 1. The van der Waals surface area contributed by atoms with Gasteiger partial charge in [-0.05, 0) is 29.3 Å². The second kappa shape index (κ2) is 11.3. The van der Waals surface area contributed by atoms with E-state index in [2.05, 4.69) is 36.9 Å². The fourth-order valence-electron chi connectivity index (χ4n) is 2.79. The molecule has 0 saturated carbocycles. The molecule has 3 aromatic rings. The van der Waals surface area contributed by atoms with E-state index >= 15 is 0 Å². The summed E-state index contributed by atoms with van der Waals surface area (Å²) in [6.07, 6.45) is 1.50. The lowest BCUT2D eigenvalue weighted by Gasteiger charge is -2.13. The standard InChI is InChI=1S/C21H25N7O.HI/c1-22-21(23-12-15-7-9-17(10-8-15)20(29)28(2)3)24-13-16-5-4-6-18(11-16)19-25-14-26-27-19;/h4-11,14H,12-13H2,1-3H3,(H2,22,23,24)(H,25,26,27);1H. The molecule has 1 aromatic heterocycles. The predicted molar refractivity (Wildman–Crippen MR) is 129 cm³/mol. The van der Waals surface area contributed by atoms with Gasteiger partial charge in [0, 0.05) is 45.4 Å². The van der Waals surface area contributed by atoms with Crippen molar-refractivity contribution in [2.45, 2.75) is 13.1 Å². The molecule has 9 heteroatoms. The third-order valence-corrected chi connectivity index (χ3v) is 4.37. The van der Waals surface area contributed by atoms with Crippen LogP contribution in [0.1, 0.15) is 21.5 Å². The molecule has 3 N–H and O–H groups in total. The minimum absolute atomic E-state index is 0. The van der Waals surface area contributed by atoms with E-state index in [1.54, 1.807) is 26.0 Å². The fraction of sp³-hybridized carbons (Fsp3) is 0.238. The summed E-state index contributed by atoms with van der Waals surface area (Å²) in [5.41, 5.74) is 3.83. The first kappa shape index (κ1) is 23.3. The van der Waals surface area contributed by atoms with Crippen LogP contribution in [0.25, 0.3) is 11.4 Å². The molecule has 0 bridgehead atoms. The summed E-state index contributed by atoms with van der Waals surface area (Å²) in [5, 5.41) is 13.4. The van der Waals surface area contributed by atoms with Gasteiger partial charge in [-0.1, -0.05) is 30.3 Å². The van der Waals surface area contributed by atoms with E-state index in [0.29, 0.717) is 24.6 Å². The molecule has 2 aromatic carbocycles. The van der Waals surface area contributed by atoms with Crippen LogP contribution in [-0.4, -0.2) is 53.1 Å². The van der Waals surface area contributed by atoms with E-state index in [4.69, 9.17) is 0 Å². The number of aliphatic imine (C=N–C) groups is 1. The average molecular weight is 519 g/mol. The zero-order valence-electron chi connectivity index (χ0n) is 17.2. The molecule has 158 valence electrons. The van der Waals surface area contributed by atoms with Crippen molar-refractivity contribution in [1.29, 1.82) is 0 Å². The van der Waals surface area contributed by atoms with E-state index in [1.807, 2.05) is 42.5 Å². The van der Waals surface area contributed by atoms with Gasteiger partial charge in [-0.2, -0.15) is 5.10 Å². The Morgan fingerprint density at radius 3 is 2.37 bits per heavy atom. The Morgan fingerprint density at radius 1 is 1.07 bits per heavy atom. The van der Waals surface area contributed by atoms with Crippen molar-refractivity contribution in [2.24, 2.45) is 4.99 Å². The van der Waals surface area contributed by atoms with Crippen LogP contribution < -0.4 is 10.6 Å². The van der Waals surface area contributed by atoms with Crippen LogP contribution in [0.2, 0.25) is 0 Å². The summed E-state index contributed by atoms with van der Waals surface area (Å²) in [6.45, 7) is 1.23. The molecular weight excluding hydrogens is 493 g/mol. The fourth-order valence-corrected chi connectivity index (χ4v) is 2.79. The van der Waals surface area contributed by atoms with Gasteiger partial charge >= 0.3 is 0 Å². The molecule has 0 spiro atoms. The molecule has 8 nitrogen and oxygen atoms in total. The SMILES string of the molecule is CN=C(NCc1ccc(C(=O)N(C)C)cc1)NCc1cccc(-c2ncn[nH]2)c1.I. The van der Waals surface area contributed by atoms with Crippen LogP contribution in [0.3, 0.4) is 0 Å². The van der Waals surface area contributed by atoms with Crippen molar-refractivity contribution < 1.29 is 4.79 Å². The molecule has 0 saturated heterocycles. The molecule has 0 atom stereocenters. The van der Waals surface area contributed by atoms with E-state index < -0.39 is 0 Å². The van der Waals surface area contributed by atoms with Gasteiger partial charge < -0.3 is 15.5 Å². The average Bonchev–Trinajstić information content (AvgIpc) is 3.29. The van der Waals surface area contributed by atoms with Crippen LogP contribution >= 0.6 is 24.0 Å². The highest BCUT2D eigenvalue weighted by Crippen LogP contribution is 2.15. The highest BCUT2D eigenvalue weighted by atomic mass is 127. The highest BCUT2D eigenvalue weighted by molar-refractivity contribution is 14.0. The third kappa shape index (κ3) is 6.28. The largest absolute Gasteiger partial charge is 0.352 e. The number of hydrogen-bond acceptors (Lipinski definition) is 4.